The molecule has 0 fully saturated rings. The molecule has 0 rings (SSSR count). The van der Waals surface area contributed by atoms with Crippen molar-refractivity contribution in [3.05, 3.63) is 0 Å². The highest BCUT2D eigenvalue weighted by Gasteiger charge is 2.42. The van der Waals surface area contributed by atoms with Crippen molar-refractivity contribution < 1.29 is 42.9 Å². The van der Waals surface area contributed by atoms with E-state index >= 15 is 0 Å². The Balaban J connectivity index is 5.62. The highest BCUT2D eigenvalue weighted by atomic mass is 79.9. The second-order valence-electron chi connectivity index (χ2n) is 4.32. The maximum absolute atomic E-state index is 11.3. The summed E-state index contributed by atoms with van der Waals surface area (Å²) in [5, 5.41) is -1.24. The van der Waals surface area contributed by atoms with Gasteiger partial charge in [0, 0.05) is 27.7 Å². The van der Waals surface area contributed by atoms with Gasteiger partial charge in [-0.25, -0.2) is 0 Å². The topological polar surface area (TPSA) is 122 Å². The van der Waals surface area contributed by atoms with Crippen molar-refractivity contribution in [1.82, 2.24) is 0 Å². The van der Waals surface area contributed by atoms with E-state index in [1.54, 1.807) is 0 Å². The van der Waals surface area contributed by atoms with Crippen LogP contribution in [-0.2, 0) is 42.9 Å². The third kappa shape index (κ3) is 8.29. The largest absolute Gasteiger partial charge is 0.454 e. The van der Waals surface area contributed by atoms with E-state index < -0.39 is 47.2 Å². The Morgan fingerprint density at radius 2 is 1.13 bits per heavy atom. The van der Waals surface area contributed by atoms with E-state index in [2.05, 4.69) is 15.9 Å². The summed E-state index contributed by atoms with van der Waals surface area (Å²) in [6, 6.07) is 0. The van der Waals surface area contributed by atoms with Crippen LogP contribution in [0, 0.1) is 0 Å². The normalized spacial score (nSPS) is 15.3. The van der Waals surface area contributed by atoms with Gasteiger partial charge in [0.15, 0.2) is 29.6 Å². The van der Waals surface area contributed by atoms with Crippen molar-refractivity contribution in [2.45, 2.75) is 51.0 Å². The molecule has 4 atom stereocenters. The number of hydrogen-bond acceptors (Lipinski definition) is 9. The summed E-state index contributed by atoms with van der Waals surface area (Å²) in [5.41, 5.74) is 0. The molecule has 23 heavy (non-hydrogen) atoms. The number of rotatable bonds is 8. The molecule has 130 valence electrons. The number of alkyl halides is 1. The zero-order valence-corrected chi connectivity index (χ0v) is 14.5. The van der Waals surface area contributed by atoms with E-state index in [1.807, 2.05) is 0 Å². The summed E-state index contributed by atoms with van der Waals surface area (Å²) >= 11 is 2.96. The zero-order valence-electron chi connectivity index (χ0n) is 12.9. The molecule has 0 radical (unpaired) electrons. The zero-order chi connectivity index (χ0) is 18.2. The summed E-state index contributed by atoms with van der Waals surface area (Å²) in [4.78, 5) is 55.8. The quantitative estimate of drug-likeness (QED) is 0.246. The second kappa shape index (κ2) is 9.93. The predicted octanol–water partition coefficient (Wildman–Crippen LogP) is 0.264. The number of esters is 4. The van der Waals surface area contributed by atoms with Gasteiger partial charge < -0.3 is 18.9 Å². The fourth-order valence-electron chi connectivity index (χ4n) is 1.56. The van der Waals surface area contributed by atoms with E-state index in [-0.39, 0.29) is 6.29 Å². The minimum absolute atomic E-state index is 0.207. The summed E-state index contributed by atoms with van der Waals surface area (Å²) in [5.74, 6) is -3.16. The van der Waals surface area contributed by atoms with Gasteiger partial charge in [-0.3, -0.25) is 24.0 Å². The van der Waals surface area contributed by atoms with Gasteiger partial charge >= 0.3 is 23.9 Å². The fraction of sp³-hybridized carbons (Fsp3) is 0.615. The van der Waals surface area contributed by atoms with Crippen LogP contribution in [0.4, 0.5) is 0 Å². The summed E-state index contributed by atoms with van der Waals surface area (Å²) in [6.07, 6.45) is -4.29. The van der Waals surface area contributed by atoms with Crippen molar-refractivity contribution >= 4 is 46.1 Å². The number of halogens is 1. The molecule has 0 unspecified atom stereocenters. The van der Waals surface area contributed by atoms with Crippen molar-refractivity contribution in [2.24, 2.45) is 0 Å². The minimum atomic E-state index is -1.56. The fourth-order valence-corrected chi connectivity index (χ4v) is 2.24. The molecule has 0 aromatic carbocycles. The van der Waals surface area contributed by atoms with Crippen molar-refractivity contribution in [2.75, 3.05) is 0 Å². The van der Waals surface area contributed by atoms with E-state index in [0.717, 1.165) is 27.7 Å². The van der Waals surface area contributed by atoms with Gasteiger partial charge in [-0.15, -0.1) is 0 Å². The Morgan fingerprint density at radius 3 is 1.48 bits per heavy atom. The Hall–Kier alpha value is -1.97. The summed E-state index contributed by atoms with van der Waals surface area (Å²) in [7, 11) is 0. The first-order chi connectivity index (χ1) is 10.6. The van der Waals surface area contributed by atoms with Crippen molar-refractivity contribution in [3.8, 4) is 0 Å². The molecule has 0 spiro atoms. The first kappa shape index (κ1) is 21.0. The maximum Gasteiger partial charge on any atom is 0.303 e. The predicted molar refractivity (Wildman–Crippen MR) is 77.2 cm³/mol. The molecule has 0 aromatic heterocycles. The van der Waals surface area contributed by atoms with Gasteiger partial charge in [0.25, 0.3) is 0 Å². The first-order valence-electron chi connectivity index (χ1n) is 6.36. The van der Waals surface area contributed by atoms with Gasteiger partial charge in [-0.05, 0) is 15.9 Å². The van der Waals surface area contributed by atoms with Crippen LogP contribution in [0.15, 0.2) is 0 Å². The molecule has 0 amide bonds. The van der Waals surface area contributed by atoms with Crippen LogP contribution in [0.2, 0.25) is 0 Å². The van der Waals surface area contributed by atoms with E-state index in [0.29, 0.717) is 0 Å². The molecule has 0 aliphatic rings. The van der Waals surface area contributed by atoms with E-state index in [1.165, 1.54) is 0 Å². The molecule has 9 nitrogen and oxygen atoms in total. The smallest absolute Gasteiger partial charge is 0.303 e. The molecular formula is C13H17BrO9. The molecule has 0 aromatic rings. The van der Waals surface area contributed by atoms with E-state index in [4.69, 9.17) is 18.9 Å². The third-order valence-electron chi connectivity index (χ3n) is 2.22. The highest BCUT2D eigenvalue weighted by Crippen LogP contribution is 2.22. The highest BCUT2D eigenvalue weighted by molar-refractivity contribution is 9.09. The average Bonchev–Trinajstić information content (AvgIpc) is 2.38. The number of carbonyl (C=O) groups excluding carboxylic acids is 5. The molecule has 0 N–H and O–H groups in total. The molecular weight excluding hydrogens is 380 g/mol. The van der Waals surface area contributed by atoms with Gasteiger partial charge in [-0.1, -0.05) is 0 Å². The monoisotopic (exact) mass is 396 g/mol. The lowest BCUT2D eigenvalue weighted by atomic mass is 10.1. The van der Waals surface area contributed by atoms with Crippen LogP contribution < -0.4 is 0 Å². The van der Waals surface area contributed by atoms with Crippen LogP contribution in [0.25, 0.3) is 0 Å². The van der Waals surface area contributed by atoms with Crippen LogP contribution in [0.5, 0.6) is 0 Å². The van der Waals surface area contributed by atoms with Gasteiger partial charge in [0.05, 0.1) is 0 Å². The molecule has 10 heteroatoms. The molecule has 0 saturated carbocycles. The molecule has 0 aliphatic carbocycles. The standard InChI is InChI=1S/C13H17BrO9/c1-6(16)20-10(5-15)11(21-7(2)17)12(22-8(3)18)13(14)23-9(4)19/h5,10-13H,1-4H3/t10-,11+,12+,13-/m1/s1. The molecule has 0 saturated heterocycles. The third-order valence-corrected chi connectivity index (χ3v) is 2.93. The van der Waals surface area contributed by atoms with Crippen LogP contribution in [0.3, 0.4) is 0 Å². The Labute approximate surface area is 140 Å². The molecule has 0 aliphatic heterocycles. The molecule has 0 heterocycles. The van der Waals surface area contributed by atoms with Crippen LogP contribution >= 0.6 is 15.9 Å². The Bertz CT molecular complexity index is 476. The lowest BCUT2D eigenvalue weighted by molar-refractivity contribution is -0.190. The Morgan fingerprint density at radius 1 is 0.739 bits per heavy atom. The first-order valence-corrected chi connectivity index (χ1v) is 7.28. The Kier molecular flexibility index (Phi) is 9.08. The number of ether oxygens (including phenoxy) is 4. The second-order valence-corrected chi connectivity index (χ2v) is 5.22. The van der Waals surface area contributed by atoms with Gasteiger partial charge in [0.1, 0.15) is 0 Å². The van der Waals surface area contributed by atoms with E-state index in [9.17, 15) is 24.0 Å². The van der Waals surface area contributed by atoms with Gasteiger partial charge in [-0.2, -0.15) is 0 Å². The van der Waals surface area contributed by atoms with Gasteiger partial charge in [0.2, 0.25) is 0 Å². The summed E-state index contributed by atoms with van der Waals surface area (Å²) < 4.78 is 19.4. The SMILES string of the molecule is CC(=O)O[C@H]([C@H](OC(C)=O)[C@H](Br)OC(C)=O)[C@@H](C=O)OC(C)=O. The minimum Gasteiger partial charge on any atom is -0.454 e. The van der Waals surface area contributed by atoms with Crippen LogP contribution in [-0.4, -0.2) is 53.5 Å². The van der Waals surface area contributed by atoms with Crippen molar-refractivity contribution in [3.63, 3.8) is 0 Å². The maximum atomic E-state index is 11.3. The lowest BCUT2D eigenvalue weighted by Gasteiger charge is -2.31. The average molecular weight is 397 g/mol. The van der Waals surface area contributed by atoms with Crippen molar-refractivity contribution in [1.29, 1.82) is 0 Å². The number of carbonyl (C=O) groups is 5. The van der Waals surface area contributed by atoms with Crippen LogP contribution in [0.1, 0.15) is 27.7 Å². The lowest BCUT2D eigenvalue weighted by Crippen LogP contribution is -2.50. The molecule has 0 bridgehead atoms. The summed E-state index contributed by atoms with van der Waals surface area (Å²) in [6.45, 7) is 4.25. The number of hydrogen-bond donors (Lipinski definition) is 0. The number of aldehydes is 1.